The molecular weight excluding hydrogens is 426 g/mol. The first-order chi connectivity index (χ1) is 15.4. The first-order valence-electron chi connectivity index (χ1n) is 10.3. The van der Waals surface area contributed by atoms with Crippen molar-refractivity contribution in [3.05, 3.63) is 63.6 Å². The Morgan fingerprint density at radius 3 is 2.81 bits per heavy atom. The molecule has 0 saturated heterocycles. The summed E-state index contributed by atoms with van der Waals surface area (Å²) in [6.07, 6.45) is 1.79. The molecule has 32 heavy (non-hydrogen) atoms. The fourth-order valence-corrected chi connectivity index (χ4v) is 4.10. The summed E-state index contributed by atoms with van der Waals surface area (Å²) in [5, 5.41) is 13.5. The van der Waals surface area contributed by atoms with E-state index in [9.17, 15) is 4.79 Å². The van der Waals surface area contributed by atoms with Crippen LogP contribution in [0.1, 0.15) is 45.6 Å². The molecule has 0 atom stereocenters. The number of amides is 1. The zero-order valence-electron chi connectivity index (χ0n) is 18.7. The average Bonchev–Trinajstić information content (AvgIpc) is 3.48. The van der Waals surface area contributed by atoms with Gasteiger partial charge in [0.1, 0.15) is 18.1 Å². The molecule has 3 aromatic heterocycles. The number of anilines is 1. The van der Waals surface area contributed by atoms with Gasteiger partial charge in [-0.25, -0.2) is 4.98 Å². The molecule has 1 amide bonds. The molecule has 8 nitrogen and oxygen atoms in total. The van der Waals surface area contributed by atoms with E-state index in [0.717, 1.165) is 40.4 Å². The highest BCUT2D eigenvalue weighted by atomic mass is 32.1. The van der Waals surface area contributed by atoms with E-state index < -0.39 is 0 Å². The predicted molar refractivity (Wildman–Crippen MR) is 123 cm³/mol. The monoisotopic (exact) mass is 451 g/mol. The van der Waals surface area contributed by atoms with E-state index in [1.807, 2.05) is 56.0 Å². The van der Waals surface area contributed by atoms with Gasteiger partial charge in [-0.15, -0.1) is 11.3 Å². The van der Waals surface area contributed by atoms with Crippen molar-refractivity contribution in [1.82, 2.24) is 19.9 Å². The van der Waals surface area contributed by atoms with Crippen LogP contribution in [0.15, 0.2) is 34.3 Å². The first kappa shape index (κ1) is 21.8. The lowest BCUT2D eigenvalue weighted by atomic mass is 10.1. The van der Waals surface area contributed by atoms with Crippen molar-refractivity contribution in [1.29, 1.82) is 0 Å². The summed E-state index contributed by atoms with van der Waals surface area (Å²) in [6, 6.07) is 5.88. The van der Waals surface area contributed by atoms with Gasteiger partial charge in [0.05, 0.1) is 17.5 Å². The van der Waals surface area contributed by atoms with Crippen LogP contribution in [0.5, 0.6) is 5.75 Å². The molecule has 0 saturated carbocycles. The molecule has 0 unspecified atom stereocenters. The molecule has 0 bridgehead atoms. The van der Waals surface area contributed by atoms with Crippen LogP contribution in [0, 0.1) is 27.7 Å². The van der Waals surface area contributed by atoms with Gasteiger partial charge in [0.25, 0.3) is 5.91 Å². The number of nitrogens with one attached hydrogen (secondary N) is 1. The van der Waals surface area contributed by atoms with Crippen LogP contribution in [-0.2, 0) is 13.2 Å². The Morgan fingerprint density at radius 2 is 2.06 bits per heavy atom. The number of aromatic nitrogens is 4. The topological polar surface area (TPSA) is 95.1 Å². The molecule has 0 aliphatic heterocycles. The lowest BCUT2D eigenvalue weighted by Crippen LogP contribution is -2.15. The molecule has 0 fully saturated rings. The summed E-state index contributed by atoms with van der Waals surface area (Å²) in [5.74, 6) is 0.927. The third-order valence-electron chi connectivity index (χ3n) is 5.53. The lowest BCUT2D eigenvalue weighted by molar-refractivity contribution is 0.101. The normalized spacial score (nSPS) is 11.0. The van der Waals surface area contributed by atoms with Crippen LogP contribution in [0.4, 0.5) is 5.13 Å². The number of nitrogens with zero attached hydrogens (tertiary/aromatic N) is 4. The maximum absolute atomic E-state index is 12.9. The second-order valence-electron chi connectivity index (χ2n) is 7.50. The summed E-state index contributed by atoms with van der Waals surface area (Å²) in [7, 11) is 0. The molecule has 9 heteroatoms. The summed E-state index contributed by atoms with van der Waals surface area (Å²) in [4.78, 5) is 17.5. The molecule has 4 rings (SSSR count). The fourth-order valence-electron chi connectivity index (χ4n) is 3.40. The van der Waals surface area contributed by atoms with Crippen LogP contribution < -0.4 is 10.1 Å². The van der Waals surface area contributed by atoms with Gasteiger partial charge in [0.2, 0.25) is 0 Å². The zero-order chi connectivity index (χ0) is 22.8. The maximum Gasteiger partial charge on any atom is 0.280 e. The fraction of sp³-hybridized carbons (Fsp3) is 0.304. The average molecular weight is 452 g/mol. The van der Waals surface area contributed by atoms with E-state index in [4.69, 9.17) is 9.26 Å². The van der Waals surface area contributed by atoms with Crippen molar-refractivity contribution in [2.75, 3.05) is 5.32 Å². The van der Waals surface area contributed by atoms with Crippen LogP contribution in [0.25, 0.3) is 11.3 Å². The quantitative estimate of drug-likeness (QED) is 0.421. The van der Waals surface area contributed by atoms with Gasteiger partial charge in [-0.3, -0.25) is 14.8 Å². The standard InChI is InChI=1S/C23H25N5O3S/c1-6-28-15(4)17(10-24-28)19-12-32-23(25-19)26-22(29)21-18(16(5)31-27-21)11-30-20-9-7-8-13(2)14(20)3/h7-10,12H,6,11H2,1-5H3,(H,25,26,29). The van der Waals surface area contributed by atoms with Crippen molar-refractivity contribution >= 4 is 22.4 Å². The minimum Gasteiger partial charge on any atom is -0.488 e. The SMILES string of the molecule is CCn1ncc(-c2csc(NC(=O)c3noc(C)c3COc3cccc(C)c3C)n2)c1C. The molecular formula is C23H25N5O3S. The summed E-state index contributed by atoms with van der Waals surface area (Å²) < 4.78 is 13.2. The Balaban J connectivity index is 1.49. The lowest BCUT2D eigenvalue weighted by Gasteiger charge is -2.11. The Labute approximate surface area is 190 Å². The highest BCUT2D eigenvalue weighted by Crippen LogP contribution is 2.28. The molecule has 4 aromatic rings. The minimum absolute atomic E-state index is 0.181. The molecule has 0 aliphatic carbocycles. The van der Waals surface area contributed by atoms with Gasteiger partial charge in [0, 0.05) is 23.2 Å². The second kappa shape index (κ2) is 8.96. The highest BCUT2D eigenvalue weighted by Gasteiger charge is 2.22. The van der Waals surface area contributed by atoms with Crippen molar-refractivity contribution < 1.29 is 14.1 Å². The van der Waals surface area contributed by atoms with Crippen LogP contribution >= 0.6 is 11.3 Å². The number of carbonyl (C=O) groups excluding carboxylic acids is 1. The Hall–Kier alpha value is -3.46. The zero-order valence-corrected chi connectivity index (χ0v) is 19.5. The van der Waals surface area contributed by atoms with E-state index in [0.29, 0.717) is 16.5 Å². The number of rotatable bonds is 7. The minimum atomic E-state index is -0.386. The van der Waals surface area contributed by atoms with E-state index in [1.165, 1.54) is 11.3 Å². The van der Waals surface area contributed by atoms with Crippen molar-refractivity contribution in [2.24, 2.45) is 0 Å². The molecule has 0 radical (unpaired) electrons. The third kappa shape index (κ3) is 4.16. The van der Waals surface area contributed by atoms with Gasteiger partial charge in [0.15, 0.2) is 10.8 Å². The van der Waals surface area contributed by atoms with E-state index in [2.05, 4.69) is 20.6 Å². The van der Waals surface area contributed by atoms with Gasteiger partial charge >= 0.3 is 0 Å². The Morgan fingerprint density at radius 1 is 1.25 bits per heavy atom. The number of aryl methyl sites for hydroxylation is 3. The van der Waals surface area contributed by atoms with Gasteiger partial charge < -0.3 is 9.26 Å². The van der Waals surface area contributed by atoms with E-state index in [-0.39, 0.29) is 18.2 Å². The number of thiazole rings is 1. The van der Waals surface area contributed by atoms with Crippen molar-refractivity contribution in [3.8, 4) is 17.0 Å². The van der Waals surface area contributed by atoms with Crippen LogP contribution in [0.2, 0.25) is 0 Å². The highest BCUT2D eigenvalue weighted by molar-refractivity contribution is 7.14. The molecule has 1 aromatic carbocycles. The molecule has 166 valence electrons. The van der Waals surface area contributed by atoms with Crippen molar-refractivity contribution in [2.45, 2.75) is 47.8 Å². The number of benzene rings is 1. The summed E-state index contributed by atoms with van der Waals surface area (Å²) in [5.41, 5.74) is 5.76. The third-order valence-corrected chi connectivity index (χ3v) is 6.29. The Kier molecular flexibility index (Phi) is 6.09. The van der Waals surface area contributed by atoms with E-state index in [1.54, 1.807) is 13.1 Å². The number of ether oxygens (including phenoxy) is 1. The summed E-state index contributed by atoms with van der Waals surface area (Å²) in [6.45, 7) is 10.8. The molecule has 1 N–H and O–H groups in total. The number of hydrogen-bond acceptors (Lipinski definition) is 7. The van der Waals surface area contributed by atoms with Gasteiger partial charge in [-0.2, -0.15) is 5.10 Å². The maximum atomic E-state index is 12.9. The molecule has 3 heterocycles. The molecule has 0 spiro atoms. The predicted octanol–water partition coefficient (Wildman–Crippen LogP) is 5.08. The second-order valence-corrected chi connectivity index (χ2v) is 8.36. The largest absolute Gasteiger partial charge is 0.488 e. The van der Waals surface area contributed by atoms with Gasteiger partial charge in [-0.1, -0.05) is 17.3 Å². The van der Waals surface area contributed by atoms with Crippen LogP contribution in [0.3, 0.4) is 0 Å². The Bertz CT molecular complexity index is 1270. The van der Waals surface area contributed by atoms with E-state index >= 15 is 0 Å². The summed E-state index contributed by atoms with van der Waals surface area (Å²) >= 11 is 1.35. The van der Waals surface area contributed by atoms with Crippen LogP contribution in [-0.4, -0.2) is 25.8 Å². The van der Waals surface area contributed by atoms with Gasteiger partial charge in [-0.05, 0) is 51.8 Å². The number of carbonyl (C=O) groups is 1. The first-order valence-corrected chi connectivity index (χ1v) is 11.2. The smallest absolute Gasteiger partial charge is 0.280 e. The molecule has 0 aliphatic rings. The number of hydrogen-bond donors (Lipinski definition) is 1. The van der Waals surface area contributed by atoms with Crippen molar-refractivity contribution in [3.63, 3.8) is 0 Å².